The molecule has 0 saturated heterocycles. The van der Waals surface area contributed by atoms with Crippen LogP contribution in [0, 0.1) is 13.8 Å². The molecule has 134 valence electrons. The van der Waals surface area contributed by atoms with Crippen LogP contribution in [-0.2, 0) is 22.4 Å². The van der Waals surface area contributed by atoms with Crippen LogP contribution >= 0.6 is 0 Å². The fraction of sp³-hybridized carbons (Fsp3) is 0.400. The molecule has 0 radical (unpaired) electrons. The Balaban J connectivity index is 1.97. The highest BCUT2D eigenvalue weighted by Crippen LogP contribution is 2.20. The maximum atomic E-state index is 12.2. The van der Waals surface area contributed by atoms with Gasteiger partial charge >= 0.3 is 5.97 Å². The standard InChI is InChI=1S/C20H26N2O3/c1-5-15-7-9-16(10-8-15)22-18(23)12-11-17-13(3)19(14(4)21-17)20(24)25-6-2/h7-10,21H,5-6,11-12H2,1-4H3,(H,22,23). The van der Waals surface area contributed by atoms with Crippen molar-refractivity contribution in [3.63, 3.8) is 0 Å². The monoisotopic (exact) mass is 342 g/mol. The summed E-state index contributed by atoms with van der Waals surface area (Å²) in [4.78, 5) is 27.4. The largest absolute Gasteiger partial charge is 0.462 e. The van der Waals surface area contributed by atoms with Crippen LogP contribution in [0.5, 0.6) is 0 Å². The van der Waals surface area contributed by atoms with Gasteiger partial charge in [0.2, 0.25) is 5.91 Å². The van der Waals surface area contributed by atoms with Crippen LogP contribution in [0.1, 0.15) is 53.1 Å². The molecule has 0 aliphatic heterocycles. The zero-order chi connectivity index (χ0) is 18.4. The second-order valence-corrected chi connectivity index (χ2v) is 6.05. The van der Waals surface area contributed by atoms with Crippen molar-refractivity contribution in [1.29, 1.82) is 0 Å². The average Bonchev–Trinajstić information content (AvgIpc) is 2.87. The Kier molecular flexibility index (Phi) is 6.39. The van der Waals surface area contributed by atoms with Crippen molar-refractivity contribution in [1.82, 2.24) is 4.98 Å². The third-order valence-electron chi connectivity index (χ3n) is 4.27. The number of anilines is 1. The summed E-state index contributed by atoms with van der Waals surface area (Å²) in [6.45, 7) is 7.95. The van der Waals surface area contributed by atoms with Crippen LogP contribution < -0.4 is 5.32 Å². The molecule has 2 rings (SSSR count). The highest BCUT2D eigenvalue weighted by atomic mass is 16.5. The first-order valence-electron chi connectivity index (χ1n) is 8.70. The number of hydrogen-bond donors (Lipinski definition) is 2. The molecule has 0 atom stereocenters. The predicted octanol–water partition coefficient (Wildman–Crippen LogP) is 3.94. The van der Waals surface area contributed by atoms with E-state index in [1.165, 1.54) is 5.56 Å². The molecule has 1 heterocycles. The highest BCUT2D eigenvalue weighted by Gasteiger charge is 2.19. The summed E-state index contributed by atoms with van der Waals surface area (Å²) in [6.07, 6.45) is 1.87. The summed E-state index contributed by atoms with van der Waals surface area (Å²) in [5.74, 6) is -0.367. The SMILES string of the molecule is CCOC(=O)c1c(C)[nH]c(CCC(=O)Nc2ccc(CC)cc2)c1C. The van der Waals surface area contributed by atoms with Gasteiger partial charge in [-0.2, -0.15) is 0 Å². The molecule has 5 nitrogen and oxygen atoms in total. The molecule has 1 amide bonds. The molecule has 2 aromatic rings. The van der Waals surface area contributed by atoms with Crippen LogP contribution in [0.2, 0.25) is 0 Å². The molecule has 0 aliphatic rings. The molecule has 5 heteroatoms. The molecular weight excluding hydrogens is 316 g/mol. The molecule has 0 unspecified atom stereocenters. The Morgan fingerprint density at radius 3 is 2.40 bits per heavy atom. The number of amides is 1. The second kappa shape index (κ2) is 8.51. The Morgan fingerprint density at radius 1 is 1.12 bits per heavy atom. The number of ether oxygens (including phenoxy) is 1. The zero-order valence-corrected chi connectivity index (χ0v) is 15.4. The third-order valence-corrected chi connectivity index (χ3v) is 4.27. The topological polar surface area (TPSA) is 71.2 Å². The van der Waals surface area contributed by atoms with Gasteiger partial charge in [0, 0.05) is 23.5 Å². The van der Waals surface area contributed by atoms with Gasteiger partial charge in [0.05, 0.1) is 12.2 Å². The maximum Gasteiger partial charge on any atom is 0.340 e. The van der Waals surface area contributed by atoms with Crippen LogP contribution in [-0.4, -0.2) is 23.5 Å². The van der Waals surface area contributed by atoms with Gasteiger partial charge in [-0.1, -0.05) is 19.1 Å². The maximum absolute atomic E-state index is 12.2. The minimum atomic E-state index is -0.319. The van der Waals surface area contributed by atoms with Crippen molar-refractivity contribution >= 4 is 17.6 Å². The van der Waals surface area contributed by atoms with Crippen LogP contribution in [0.3, 0.4) is 0 Å². The molecular formula is C20H26N2O3. The predicted molar refractivity (Wildman–Crippen MR) is 99.0 cm³/mol. The number of H-pyrrole nitrogens is 1. The summed E-state index contributed by atoms with van der Waals surface area (Å²) >= 11 is 0. The average molecular weight is 342 g/mol. The van der Waals surface area contributed by atoms with Crippen LogP contribution in [0.4, 0.5) is 5.69 Å². The number of aromatic nitrogens is 1. The minimum Gasteiger partial charge on any atom is -0.462 e. The van der Waals surface area contributed by atoms with E-state index in [1.807, 2.05) is 38.1 Å². The van der Waals surface area contributed by atoms with E-state index < -0.39 is 0 Å². The molecule has 25 heavy (non-hydrogen) atoms. The number of benzene rings is 1. The molecule has 1 aromatic heterocycles. The molecule has 2 N–H and O–H groups in total. The van der Waals surface area contributed by atoms with Gasteiger partial charge in [0.15, 0.2) is 0 Å². The van der Waals surface area contributed by atoms with E-state index in [-0.39, 0.29) is 11.9 Å². The van der Waals surface area contributed by atoms with Gasteiger partial charge in [-0.05, 0) is 56.9 Å². The Labute approximate surface area is 148 Å². The number of rotatable bonds is 7. The fourth-order valence-electron chi connectivity index (χ4n) is 2.86. The molecule has 0 saturated carbocycles. The summed E-state index contributed by atoms with van der Waals surface area (Å²) < 4.78 is 5.09. The molecule has 1 aromatic carbocycles. The smallest absolute Gasteiger partial charge is 0.340 e. The van der Waals surface area contributed by atoms with E-state index in [0.29, 0.717) is 25.0 Å². The number of carbonyl (C=O) groups is 2. The van der Waals surface area contributed by atoms with E-state index in [4.69, 9.17) is 4.74 Å². The highest BCUT2D eigenvalue weighted by molar-refractivity contribution is 5.93. The van der Waals surface area contributed by atoms with E-state index >= 15 is 0 Å². The molecule has 0 fully saturated rings. The third kappa shape index (κ3) is 4.72. The van der Waals surface area contributed by atoms with Gasteiger partial charge in [-0.15, -0.1) is 0 Å². The van der Waals surface area contributed by atoms with Crippen molar-refractivity contribution in [3.05, 3.63) is 52.3 Å². The molecule has 0 aliphatic carbocycles. The van der Waals surface area contributed by atoms with Gasteiger partial charge in [-0.3, -0.25) is 4.79 Å². The first-order chi connectivity index (χ1) is 12.0. The lowest BCUT2D eigenvalue weighted by Gasteiger charge is -2.06. The van der Waals surface area contributed by atoms with Crippen LogP contribution in [0.15, 0.2) is 24.3 Å². The first-order valence-corrected chi connectivity index (χ1v) is 8.70. The van der Waals surface area contributed by atoms with Gasteiger partial charge in [0.25, 0.3) is 0 Å². The first kappa shape index (κ1) is 18.8. The van der Waals surface area contributed by atoms with Crippen molar-refractivity contribution in [2.45, 2.75) is 47.0 Å². The number of hydrogen-bond acceptors (Lipinski definition) is 3. The normalized spacial score (nSPS) is 10.6. The fourth-order valence-corrected chi connectivity index (χ4v) is 2.86. The lowest BCUT2D eigenvalue weighted by Crippen LogP contribution is -2.12. The number of nitrogens with one attached hydrogen (secondary N) is 2. The summed E-state index contributed by atoms with van der Waals surface area (Å²) in [7, 11) is 0. The van der Waals surface area contributed by atoms with E-state index in [2.05, 4.69) is 17.2 Å². The molecule has 0 bridgehead atoms. The van der Waals surface area contributed by atoms with Gasteiger partial charge in [0.1, 0.15) is 0 Å². The van der Waals surface area contributed by atoms with E-state index in [9.17, 15) is 9.59 Å². The van der Waals surface area contributed by atoms with Crippen LogP contribution in [0.25, 0.3) is 0 Å². The van der Waals surface area contributed by atoms with Gasteiger partial charge in [-0.25, -0.2) is 4.79 Å². The lowest BCUT2D eigenvalue weighted by molar-refractivity contribution is -0.116. The number of aromatic amines is 1. The Morgan fingerprint density at radius 2 is 1.80 bits per heavy atom. The number of esters is 1. The Hall–Kier alpha value is -2.56. The Bertz CT molecular complexity index is 745. The van der Waals surface area contributed by atoms with E-state index in [1.54, 1.807) is 6.92 Å². The summed E-state index contributed by atoms with van der Waals surface area (Å²) in [5.41, 5.74) is 5.15. The van der Waals surface area contributed by atoms with E-state index in [0.717, 1.165) is 29.1 Å². The van der Waals surface area contributed by atoms with Crippen molar-refractivity contribution in [2.24, 2.45) is 0 Å². The number of aryl methyl sites for hydroxylation is 3. The van der Waals surface area contributed by atoms with Crippen molar-refractivity contribution < 1.29 is 14.3 Å². The number of carbonyl (C=O) groups excluding carboxylic acids is 2. The lowest BCUT2D eigenvalue weighted by atomic mass is 10.1. The minimum absolute atomic E-state index is 0.0476. The quantitative estimate of drug-likeness (QED) is 0.749. The van der Waals surface area contributed by atoms with Gasteiger partial charge < -0.3 is 15.0 Å². The van der Waals surface area contributed by atoms with Crippen molar-refractivity contribution in [3.8, 4) is 0 Å². The van der Waals surface area contributed by atoms with Crippen molar-refractivity contribution in [2.75, 3.05) is 11.9 Å². The molecule has 0 spiro atoms. The summed E-state index contributed by atoms with van der Waals surface area (Å²) in [5, 5.41) is 2.90. The second-order valence-electron chi connectivity index (χ2n) is 6.05. The summed E-state index contributed by atoms with van der Waals surface area (Å²) in [6, 6.07) is 7.86. The zero-order valence-electron chi connectivity index (χ0n) is 15.4.